The van der Waals surface area contributed by atoms with Crippen LogP contribution in [0.4, 0.5) is 5.69 Å². The number of rotatable bonds is 8. The van der Waals surface area contributed by atoms with Gasteiger partial charge in [0.05, 0.1) is 23.7 Å². The van der Waals surface area contributed by atoms with E-state index >= 15 is 0 Å². The van der Waals surface area contributed by atoms with Crippen molar-refractivity contribution >= 4 is 29.0 Å². The second-order valence-electron chi connectivity index (χ2n) is 6.79. The van der Waals surface area contributed by atoms with E-state index in [1.807, 2.05) is 43.3 Å². The Morgan fingerprint density at radius 2 is 1.84 bits per heavy atom. The fourth-order valence-corrected chi connectivity index (χ4v) is 3.78. The van der Waals surface area contributed by atoms with Crippen LogP contribution in [0.3, 0.4) is 0 Å². The molecule has 0 fully saturated rings. The van der Waals surface area contributed by atoms with Crippen molar-refractivity contribution in [3.8, 4) is 17.0 Å². The van der Waals surface area contributed by atoms with Crippen LogP contribution in [0.1, 0.15) is 19.4 Å². The lowest BCUT2D eigenvalue weighted by molar-refractivity contribution is -0.113. The van der Waals surface area contributed by atoms with E-state index in [1.165, 1.54) is 17.3 Å². The molecule has 0 aliphatic carbocycles. The predicted octanol–water partition coefficient (Wildman–Crippen LogP) is 4.48. The third kappa shape index (κ3) is 4.86. The zero-order chi connectivity index (χ0) is 21.6. The maximum atomic E-state index is 12.5. The van der Waals surface area contributed by atoms with E-state index in [2.05, 4.69) is 51.8 Å². The van der Waals surface area contributed by atoms with E-state index in [-0.39, 0.29) is 11.7 Å². The summed E-state index contributed by atoms with van der Waals surface area (Å²) in [6, 6.07) is 19.5. The van der Waals surface area contributed by atoms with Gasteiger partial charge in [-0.25, -0.2) is 0 Å². The number of aromatic nitrogens is 4. The average Bonchev–Trinajstić information content (AvgIpc) is 3.21. The lowest BCUT2D eigenvalue weighted by Gasteiger charge is -2.10. The third-order valence-electron chi connectivity index (χ3n) is 4.69. The lowest BCUT2D eigenvalue weighted by atomic mass is 10.1. The van der Waals surface area contributed by atoms with Crippen molar-refractivity contribution in [3.63, 3.8) is 0 Å². The van der Waals surface area contributed by atoms with Crippen LogP contribution >= 0.6 is 11.8 Å². The number of aryl methyl sites for hydroxylation is 1. The number of thioether (sulfide) groups is 1. The topological polar surface area (TPSA) is 81.4 Å². The van der Waals surface area contributed by atoms with E-state index in [1.54, 1.807) is 4.52 Å². The Labute approximate surface area is 184 Å². The largest absolute Gasteiger partial charge is 0.492 e. The van der Waals surface area contributed by atoms with Crippen LogP contribution in [0, 0.1) is 0 Å². The first-order valence-corrected chi connectivity index (χ1v) is 11.1. The van der Waals surface area contributed by atoms with Crippen molar-refractivity contribution in [1.82, 2.24) is 19.8 Å². The number of para-hydroxylation sites is 2. The van der Waals surface area contributed by atoms with Gasteiger partial charge in [-0.1, -0.05) is 55.1 Å². The lowest BCUT2D eigenvalue weighted by Crippen LogP contribution is -2.15. The van der Waals surface area contributed by atoms with E-state index in [0.717, 1.165) is 17.7 Å². The van der Waals surface area contributed by atoms with E-state index < -0.39 is 0 Å². The minimum Gasteiger partial charge on any atom is -0.492 e. The Bertz CT molecular complexity index is 1190. The normalized spacial score (nSPS) is 10.9. The molecule has 4 rings (SSSR count). The van der Waals surface area contributed by atoms with Crippen molar-refractivity contribution in [2.24, 2.45) is 0 Å². The summed E-state index contributed by atoms with van der Waals surface area (Å²) in [5.41, 5.74) is 4.42. The zero-order valence-corrected chi connectivity index (χ0v) is 18.2. The van der Waals surface area contributed by atoms with Crippen molar-refractivity contribution in [3.05, 3.63) is 66.2 Å². The van der Waals surface area contributed by atoms with Gasteiger partial charge in [-0.05, 0) is 43.2 Å². The number of carbonyl (C=O) groups is 1. The molecular formula is C23H23N5O2S. The molecule has 2 aromatic heterocycles. The summed E-state index contributed by atoms with van der Waals surface area (Å²) in [7, 11) is 0. The monoisotopic (exact) mass is 433 g/mol. The summed E-state index contributed by atoms with van der Waals surface area (Å²) in [4.78, 5) is 12.5. The van der Waals surface area contributed by atoms with Gasteiger partial charge in [-0.3, -0.25) is 4.79 Å². The highest BCUT2D eigenvalue weighted by Crippen LogP contribution is 2.25. The van der Waals surface area contributed by atoms with Gasteiger partial charge in [0.2, 0.25) is 11.1 Å². The van der Waals surface area contributed by atoms with Gasteiger partial charge in [-0.2, -0.15) is 9.61 Å². The number of nitrogens with one attached hydrogen (secondary N) is 1. The smallest absolute Gasteiger partial charge is 0.234 e. The zero-order valence-electron chi connectivity index (χ0n) is 17.4. The van der Waals surface area contributed by atoms with Crippen LogP contribution in [0.2, 0.25) is 0 Å². The quantitative estimate of drug-likeness (QED) is 0.413. The fraction of sp³-hybridized carbons (Fsp3) is 0.217. The molecule has 0 aliphatic heterocycles. The fourth-order valence-electron chi connectivity index (χ4n) is 3.09. The summed E-state index contributed by atoms with van der Waals surface area (Å²) in [6.45, 7) is 4.57. The van der Waals surface area contributed by atoms with Crippen molar-refractivity contribution in [2.45, 2.75) is 25.4 Å². The molecule has 1 N–H and O–H groups in total. The molecule has 0 bridgehead atoms. The Kier molecular flexibility index (Phi) is 6.47. The predicted molar refractivity (Wildman–Crippen MR) is 123 cm³/mol. The molecule has 158 valence electrons. The third-order valence-corrected chi connectivity index (χ3v) is 5.60. The van der Waals surface area contributed by atoms with E-state index in [9.17, 15) is 4.79 Å². The van der Waals surface area contributed by atoms with Crippen molar-refractivity contribution in [1.29, 1.82) is 0 Å². The Hall–Kier alpha value is -3.39. The van der Waals surface area contributed by atoms with Crippen molar-refractivity contribution < 1.29 is 9.53 Å². The van der Waals surface area contributed by atoms with Gasteiger partial charge < -0.3 is 10.1 Å². The molecule has 0 radical (unpaired) electrons. The van der Waals surface area contributed by atoms with Crippen LogP contribution in [0.5, 0.6) is 5.75 Å². The van der Waals surface area contributed by atoms with Gasteiger partial charge >= 0.3 is 0 Å². The average molecular weight is 434 g/mol. The molecule has 0 spiro atoms. The van der Waals surface area contributed by atoms with E-state index in [0.29, 0.717) is 28.8 Å². The van der Waals surface area contributed by atoms with Crippen LogP contribution in [-0.4, -0.2) is 38.1 Å². The van der Waals surface area contributed by atoms with Crippen LogP contribution < -0.4 is 10.1 Å². The number of benzene rings is 2. The molecular weight excluding hydrogens is 410 g/mol. The summed E-state index contributed by atoms with van der Waals surface area (Å²) in [5.74, 6) is 0.676. The van der Waals surface area contributed by atoms with Gasteiger partial charge in [0.25, 0.3) is 0 Å². The Balaban J connectivity index is 1.48. The highest BCUT2D eigenvalue weighted by Gasteiger charge is 2.13. The highest BCUT2D eigenvalue weighted by atomic mass is 32.2. The molecule has 8 heteroatoms. The number of amides is 1. The molecule has 0 unspecified atom stereocenters. The molecule has 0 saturated carbocycles. The minimum absolute atomic E-state index is 0.153. The SMILES string of the molecule is CCOc1ccccc1NC(=O)CSc1nnc2ccc(-c3ccc(CC)cc3)nn12. The number of hydrogen-bond donors (Lipinski definition) is 1. The Morgan fingerprint density at radius 1 is 1.03 bits per heavy atom. The number of nitrogens with zero attached hydrogens (tertiary/aromatic N) is 4. The van der Waals surface area contributed by atoms with Gasteiger partial charge in [0.15, 0.2) is 5.65 Å². The molecule has 0 saturated heterocycles. The number of carbonyl (C=O) groups excluding carboxylic acids is 1. The molecule has 1 amide bonds. The molecule has 31 heavy (non-hydrogen) atoms. The first-order chi connectivity index (χ1) is 15.2. The summed E-state index contributed by atoms with van der Waals surface area (Å²) >= 11 is 1.29. The van der Waals surface area contributed by atoms with Crippen LogP contribution in [0.25, 0.3) is 16.9 Å². The molecule has 7 nitrogen and oxygen atoms in total. The highest BCUT2D eigenvalue weighted by molar-refractivity contribution is 7.99. The number of fused-ring (bicyclic) bond motifs is 1. The maximum absolute atomic E-state index is 12.5. The summed E-state index contributed by atoms with van der Waals surface area (Å²) in [5, 5.41) is 16.5. The molecule has 0 aliphatic rings. The standard InChI is InChI=1S/C23H23N5O2S/c1-3-16-9-11-17(12-10-16)18-13-14-21-25-26-23(28(21)27-18)31-15-22(29)24-19-7-5-6-8-20(19)30-4-2/h5-14H,3-4,15H2,1-2H3,(H,24,29). The second-order valence-corrected chi connectivity index (χ2v) is 7.73. The van der Waals surface area contributed by atoms with E-state index in [4.69, 9.17) is 4.74 Å². The summed E-state index contributed by atoms with van der Waals surface area (Å²) < 4.78 is 7.23. The number of hydrogen-bond acceptors (Lipinski definition) is 6. The maximum Gasteiger partial charge on any atom is 0.234 e. The van der Waals surface area contributed by atoms with Gasteiger partial charge in [-0.15, -0.1) is 10.2 Å². The number of ether oxygens (including phenoxy) is 1. The van der Waals surface area contributed by atoms with Gasteiger partial charge in [0.1, 0.15) is 5.75 Å². The van der Waals surface area contributed by atoms with Gasteiger partial charge in [0, 0.05) is 5.56 Å². The first-order valence-electron chi connectivity index (χ1n) is 10.1. The second kappa shape index (κ2) is 9.61. The van der Waals surface area contributed by atoms with Crippen LogP contribution in [0.15, 0.2) is 65.8 Å². The Morgan fingerprint density at radius 3 is 2.61 bits per heavy atom. The molecule has 2 heterocycles. The molecule has 4 aromatic rings. The summed E-state index contributed by atoms with van der Waals surface area (Å²) in [6.07, 6.45) is 0.996. The minimum atomic E-state index is -0.153. The first kappa shape index (κ1) is 20.9. The van der Waals surface area contributed by atoms with Crippen molar-refractivity contribution in [2.75, 3.05) is 17.7 Å². The number of anilines is 1. The molecule has 2 aromatic carbocycles. The molecule has 0 atom stereocenters. The van der Waals surface area contributed by atoms with Crippen LogP contribution in [-0.2, 0) is 11.2 Å².